The maximum absolute atomic E-state index is 5.96. The number of aromatic nitrogens is 3. The summed E-state index contributed by atoms with van der Waals surface area (Å²) in [6.07, 6.45) is 17.0. The SMILES string of the molecule is CCOC1=CC2=C(n3nccn3)CC3C4CC=C(CC)C4(C)CCC3C2(C)CC1. The normalized spacial score (nSPS) is 38.7. The fraction of sp³-hybridized carbons (Fsp3) is 0.680. The Labute approximate surface area is 175 Å². The largest absolute Gasteiger partial charge is 0.498 e. The van der Waals surface area contributed by atoms with E-state index in [4.69, 9.17) is 4.74 Å². The maximum Gasteiger partial charge on any atom is 0.0963 e. The van der Waals surface area contributed by atoms with Crippen LogP contribution in [-0.2, 0) is 4.74 Å². The van der Waals surface area contributed by atoms with Crippen molar-refractivity contribution in [2.24, 2.45) is 28.6 Å². The molecule has 1 fully saturated rings. The Hall–Kier alpha value is -1.84. The monoisotopic (exact) mass is 393 g/mol. The van der Waals surface area contributed by atoms with Crippen molar-refractivity contribution in [1.82, 2.24) is 15.0 Å². The summed E-state index contributed by atoms with van der Waals surface area (Å²) in [6.45, 7) is 10.2. The lowest BCUT2D eigenvalue weighted by Gasteiger charge is -2.57. The van der Waals surface area contributed by atoms with Crippen LogP contribution in [0.5, 0.6) is 0 Å². The number of hydrogen-bond acceptors (Lipinski definition) is 3. The van der Waals surface area contributed by atoms with Gasteiger partial charge in [0.25, 0.3) is 0 Å². The van der Waals surface area contributed by atoms with E-state index in [9.17, 15) is 0 Å². The molecule has 156 valence electrons. The van der Waals surface area contributed by atoms with Crippen molar-refractivity contribution in [3.05, 3.63) is 41.5 Å². The summed E-state index contributed by atoms with van der Waals surface area (Å²) in [7, 11) is 0. The van der Waals surface area contributed by atoms with Gasteiger partial charge in [0.1, 0.15) is 0 Å². The molecule has 0 saturated heterocycles. The molecular weight excluding hydrogens is 358 g/mol. The first kappa shape index (κ1) is 19.1. The van der Waals surface area contributed by atoms with Crippen molar-refractivity contribution in [1.29, 1.82) is 0 Å². The van der Waals surface area contributed by atoms with E-state index in [1.165, 1.54) is 43.4 Å². The molecule has 0 bridgehead atoms. The lowest BCUT2D eigenvalue weighted by atomic mass is 9.47. The highest BCUT2D eigenvalue weighted by atomic mass is 16.5. The minimum absolute atomic E-state index is 0.197. The summed E-state index contributed by atoms with van der Waals surface area (Å²) in [6, 6.07) is 0. The third-order valence-corrected chi connectivity index (χ3v) is 8.92. The topological polar surface area (TPSA) is 39.9 Å². The van der Waals surface area contributed by atoms with Gasteiger partial charge in [-0.3, -0.25) is 0 Å². The molecule has 29 heavy (non-hydrogen) atoms. The molecule has 4 aliphatic rings. The predicted octanol–water partition coefficient (Wildman–Crippen LogP) is 6.00. The van der Waals surface area contributed by atoms with Gasteiger partial charge in [-0.15, -0.1) is 0 Å². The Kier molecular flexibility index (Phi) is 4.52. The average Bonchev–Trinajstić information content (AvgIpc) is 3.35. The van der Waals surface area contributed by atoms with Crippen molar-refractivity contribution in [3.8, 4) is 0 Å². The van der Waals surface area contributed by atoms with E-state index in [1.54, 1.807) is 5.57 Å². The van der Waals surface area contributed by atoms with Gasteiger partial charge in [0.05, 0.1) is 30.5 Å². The minimum Gasteiger partial charge on any atom is -0.498 e. The number of nitrogens with zero attached hydrogens (tertiary/aromatic N) is 3. The van der Waals surface area contributed by atoms with Gasteiger partial charge < -0.3 is 4.74 Å². The molecule has 5 atom stereocenters. The minimum atomic E-state index is 0.197. The molecule has 0 aliphatic heterocycles. The zero-order valence-corrected chi connectivity index (χ0v) is 18.4. The van der Waals surface area contributed by atoms with Crippen LogP contribution in [-0.4, -0.2) is 21.6 Å². The second-order valence-electron chi connectivity index (χ2n) is 10.00. The second-order valence-corrected chi connectivity index (χ2v) is 10.00. The quantitative estimate of drug-likeness (QED) is 0.589. The lowest BCUT2D eigenvalue weighted by molar-refractivity contribution is -0.0119. The van der Waals surface area contributed by atoms with Gasteiger partial charge in [-0.25, -0.2) is 0 Å². The Morgan fingerprint density at radius 3 is 2.62 bits per heavy atom. The van der Waals surface area contributed by atoms with Crippen LogP contribution in [0.4, 0.5) is 0 Å². The van der Waals surface area contributed by atoms with E-state index in [0.717, 1.165) is 37.0 Å². The first-order valence-corrected chi connectivity index (χ1v) is 11.6. The van der Waals surface area contributed by atoms with Crippen molar-refractivity contribution in [3.63, 3.8) is 0 Å². The number of allylic oxidation sites excluding steroid dienone is 6. The van der Waals surface area contributed by atoms with Gasteiger partial charge in [-0.2, -0.15) is 15.0 Å². The molecular formula is C25H35N3O. The second kappa shape index (κ2) is 6.85. The first-order valence-electron chi connectivity index (χ1n) is 11.6. The fourth-order valence-corrected chi connectivity index (χ4v) is 7.46. The van der Waals surface area contributed by atoms with Crippen LogP contribution >= 0.6 is 0 Å². The van der Waals surface area contributed by atoms with E-state index in [1.807, 2.05) is 17.2 Å². The van der Waals surface area contributed by atoms with Crippen molar-refractivity contribution in [2.75, 3.05) is 6.61 Å². The van der Waals surface area contributed by atoms with Gasteiger partial charge in [-0.1, -0.05) is 32.4 Å². The predicted molar refractivity (Wildman–Crippen MR) is 116 cm³/mol. The summed E-state index contributed by atoms with van der Waals surface area (Å²) in [4.78, 5) is 1.91. The molecule has 4 heteroatoms. The zero-order valence-electron chi connectivity index (χ0n) is 18.4. The molecule has 5 unspecified atom stereocenters. The Balaban J connectivity index is 1.61. The van der Waals surface area contributed by atoms with Gasteiger partial charge in [-0.05, 0) is 85.7 Å². The summed E-state index contributed by atoms with van der Waals surface area (Å²) >= 11 is 0. The van der Waals surface area contributed by atoms with E-state index < -0.39 is 0 Å². The van der Waals surface area contributed by atoms with Crippen molar-refractivity contribution < 1.29 is 4.74 Å². The molecule has 1 aromatic rings. The number of rotatable bonds is 4. The number of ether oxygens (including phenoxy) is 1. The van der Waals surface area contributed by atoms with Gasteiger partial charge >= 0.3 is 0 Å². The molecule has 4 aliphatic carbocycles. The molecule has 1 aromatic heterocycles. The van der Waals surface area contributed by atoms with E-state index >= 15 is 0 Å². The zero-order chi connectivity index (χ0) is 20.2. The molecule has 0 amide bonds. The molecule has 0 aromatic carbocycles. The molecule has 0 spiro atoms. The van der Waals surface area contributed by atoms with Gasteiger partial charge in [0.15, 0.2) is 0 Å². The number of hydrogen-bond donors (Lipinski definition) is 0. The fourth-order valence-electron chi connectivity index (χ4n) is 7.46. The van der Waals surface area contributed by atoms with Crippen LogP contribution < -0.4 is 0 Å². The Bertz CT molecular complexity index is 880. The van der Waals surface area contributed by atoms with E-state index in [0.29, 0.717) is 11.3 Å². The highest BCUT2D eigenvalue weighted by molar-refractivity contribution is 5.60. The van der Waals surface area contributed by atoms with E-state index in [2.05, 4.69) is 50.0 Å². The molecule has 4 nitrogen and oxygen atoms in total. The van der Waals surface area contributed by atoms with Crippen LogP contribution in [0, 0.1) is 28.6 Å². The van der Waals surface area contributed by atoms with E-state index in [-0.39, 0.29) is 5.41 Å². The third kappa shape index (κ3) is 2.70. The van der Waals surface area contributed by atoms with Gasteiger partial charge in [0, 0.05) is 6.42 Å². The molecule has 1 saturated carbocycles. The Morgan fingerprint density at radius 2 is 1.90 bits per heavy atom. The van der Waals surface area contributed by atoms with Crippen molar-refractivity contribution >= 4 is 5.70 Å². The molecule has 0 radical (unpaired) electrons. The summed E-state index contributed by atoms with van der Waals surface area (Å²) in [5.74, 6) is 3.36. The van der Waals surface area contributed by atoms with Crippen LogP contribution in [0.1, 0.15) is 72.6 Å². The molecule has 0 N–H and O–H groups in total. The summed E-state index contributed by atoms with van der Waals surface area (Å²) in [5.41, 5.74) is 5.05. The van der Waals surface area contributed by atoms with Crippen LogP contribution in [0.3, 0.4) is 0 Å². The molecule has 5 rings (SSSR count). The van der Waals surface area contributed by atoms with Crippen LogP contribution in [0.2, 0.25) is 0 Å². The molecule has 1 heterocycles. The standard InChI is InChI=1S/C25H35N3O/c1-5-17-7-8-20-19-16-23(28-26-13-14-27-28)22-15-18(29-6-2)9-11-25(22,4)21(19)10-12-24(17,20)3/h7,13-15,19-21H,5-6,8-12,16H2,1-4H3. The van der Waals surface area contributed by atoms with Crippen LogP contribution in [0.15, 0.2) is 41.5 Å². The third-order valence-electron chi connectivity index (χ3n) is 8.92. The van der Waals surface area contributed by atoms with Crippen LogP contribution in [0.25, 0.3) is 5.70 Å². The highest BCUT2D eigenvalue weighted by Gasteiger charge is 2.57. The Morgan fingerprint density at radius 1 is 1.10 bits per heavy atom. The average molecular weight is 394 g/mol. The number of fused-ring (bicyclic) bond motifs is 5. The first-order chi connectivity index (χ1) is 14.0. The maximum atomic E-state index is 5.96. The van der Waals surface area contributed by atoms with Gasteiger partial charge in [0.2, 0.25) is 0 Å². The summed E-state index contributed by atoms with van der Waals surface area (Å²) in [5, 5.41) is 9.14. The summed E-state index contributed by atoms with van der Waals surface area (Å²) < 4.78 is 5.96. The lowest BCUT2D eigenvalue weighted by Crippen LogP contribution is -2.50. The highest BCUT2D eigenvalue weighted by Crippen LogP contribution is 2.66. The van der Waals surface area contributed by atoms with Crippen molar-refractivity contribution in [2.45, 2.75) is 72.6 Å². The smallest absolute Gasteiger partial charge is 0.0963 e.